The van der Waals surface area contributed by atoms with Crippen LogP contribution in [0.4, 0.5) is 5.69 Å². The number of hydrogen-bond donors (Lipinski definition) is 2. The monoisotopic (exact) mass is 332 g/mol. The quantitative estimate of drug-likeness (QED) is 0.650. The fraction of sp³-hybridized carbons (Fsp3) is 0.412. The predicted octanol–water partition coefficient (Wildman–Crippen LogP) is 3.42. The van der Waals surface area contributed by atoms with E-state index in [1.54, 1.807) is 18.4 Å². The Balaban J connectivity index is 1.88. The lowest BCUT2D eigenvalue weighted by atomic mass is 9.93. The van der Waals surface area contributed by atoms with Gasteiger partial charge >= 0.3 is 0 Å². The van der Waals surface area contributed by atoms with E-state index in [9.17, 15) is 0 Å². The van der Waals surface area contributed by atoms with Crippen LogP contribution in [-0.4, -0.2) is 24.6 Å². The van der Waals surface area contributed by atoms with Crippen molar-refractivity contribution in [3.63, 3.8) is 0 Å². The van der Waals surface area contributed by atoms with Gasteiger partial charge in [0, 0.05) is 35.5 Å². The fourth-order valence-corrected chi connectivity index (χ4v) is 2.94. The van der Waals surface area contributed by atoms with Gasteiger partial charge in [-0.15, -0.1) is 11.3 Å². The maximum atomic E-state index is 5.92. The van der Waals surface area contributed by atoms with E-state index < -0.39 is 0 Å². The van der Waals surface area contributed by atoms with Gasteiger partial charge in [-0.25, -0.2) is 4.98 Å². The molecule has 0 atom stereocenters. The summed E-state index contributed by atoms with van der Waals surface area (Å²) in [5.74, 6) is 1.17. The van der Waals surface area contributed by atoms with Gasteiger partial charge in [-0.1, -0.05) is 26.8 Å². The number of nitrogens with one attached hydrogen (secondary N) is 1. The van der Waals surface area contributed by atoms with E-state index in [-0.39, 0.29) is 5.41 Å². The lowest BCUT2D eigenvalue weighted by molar-refractivity contribution is 0.415. The minimum atomic E-state index is 0.0883. The van der Waals surface area contributed by atoms with Crippen molar-refractivity contribution in [1.29, 1.82) is 0 Å². The molecule has 0 spiro atoms. The molecule has 0 radical (unpaired) electrons. The molecule has 0 saturated heterocycles. The van der Waals surface area contributed by atoms with Crippen molar-refractivity contribution in [2.24, 2.45) is 10.7 Å². The Bertz CT molecular complexity index is 673. The van der Waals surface area contributed by atoms with Gasteiger partial charge in [-0.3, -0.25) is 4.99 Å². The summed E-state index contributed by atoms with van der Waals surface area (Å²) < 4.78 is 5.18. The number of nitrogens with zero attached hydrogens (tertiary/aromatic N) is 2. The molecule has 1 heterocycles. The summed E-state index contributed by atoms with van der Waals surface area (Å²) in [5, 5.41) is 6.28. The Morgan fingerprint density at radius 3 is 2.83 bits per heavy atom. The summed E-state index contributed by atoms with van der Waals surface area (Å²) in [6.07, 6.45) is 0.793. The Morgan fingerprint density at radius 2 is 2.17 bits per heavy atom. The highest BCUT2D eigenvalue weighted by Gasteiger charge is 2.17. The Labute approximate surface area is 141 Å². The predicted molar refractivity (Wildman–Crippen MR) is 97.6 cm³/mol. The largest absolute Gasteiger partial charge is 0.497 e. The zero-order valence-corrected chi connectivity index (χ0v) is 14.9. The first-order chi connectivity index (χ1) is 10.9. The van der Waals surface area contributed by atoms with Crippen LogP contribution in [0, 0.1) is 0 Å². The van der Waals surface area contributed by atoms with Crippen molar-refractivity contribution < 1.29 is 4.74 Å². The Morgan fingerprint density at radius 1 is 1.39 bits per heavy atom. The van der Waals surface area contributed by atoms with Crippen LogP contribution in [0.25, 0.3) is 0 Å². The molecule has 0 unspecified atom stereocenters. The normalized spacial score (nSPS) is 12.3. The second-order valence-electron chi connectivity index (χ2n) is 6.25. The van der Waals surface area contributed by atoms with Gasteiger partial charge in [0.15, 0.2) is 5.96 Å². The number of hydrogen-bond acceptors (Lipinski definition) is 4. The summed E-state index contributed by atoms with van der Waals surface area (Å²) in [5.41, 5.74) is 7.99. The summed E-state index contributed by atoms with van der Waals surface area (Å²) >= 11 is 1.68. The molecule has 2 rings (SSSR count). The van der Waals surface area contributed by atoms with Crippen molar-refractivity contribution in [2.75, 3.05) is 19.0 Å². The zero-order valence-electron chi connectivity index (χ0n) is 14.1. The number of anilines is 1. The lowest BCUT2D eigenvalue weighted by Crippen LogP contribution is -2.23. The van der Waals surface area contributed by atoms with Gasteiger partial charge in [-0.2, -0.15) is 0 Å². The van der Waals surface area contributed by atoms with Gasteiger partial charge in [0.1, 0.15) is 5.75 Å². The molecular formula is C17H24N4OS. The maximum Gasteiger partial charge on any atom is 0.193 e. The Hall–Kier alpha value is -2.08. The lowest BCUT2D eigenvalue weighted by Gasteiger charge is -2.14. The Kier molecular flexibility index (Phi) is 5.60. The fourth-order valence-electron chi connectivity index (χ4n) is 1.93. The van der Waals surface area contributed by atoms with Crippen LogP contribution < -0.4 is 15.8 Å². The van der Waals surface area contributed by atoms with Crippen LogP contribution in [0.5, 0.6) is 5.75 Å². The molecular weight excluding hydrogens is 308 g/mol. The van der Waals surface area contributed by atoms with E-state index in [4.69, 9.17) is 10.5 Å². The van der Waals surface area contributed by atoms with E-state index >= 15 is 0 Å². The first kappa shape index (κ1) is 17.3. The third-order valence-electron chi connectivity index (χ3n) is 3.27. The van der Waals surface area contributed by atoms with Crippen LogP contribution in [0.3, 0.4) is 0 Å². The average Bonchev–Trinajstić information content (AvgIpc) is 2.96. The van der Waals surface area contributed by atoms with E-state index in [0.29, 0.717) is 12.5 Å². The molecule has 0 aliphatic rings. The van der Waals surface area contributed by atoms with Crippen LogP contribution in [-0.2, 0) is 11.8 Å². The first-order valence-corrected chi connectivity index (χ1v) is 8.42. The summed E-state index contributed by atoms with van der Waals surface area (Å²) in [6.45, 7) is 7.11. The van der Waals surface area contributed by atoms with Crippen molar-refractivity contribution in [3.05, 3.63) is 40.3 Å². The highest BCUT2D eigenvalue weighted by molar-refractivity contribution is 7.09. The van der Waals surface area contributed by atoms with E-state index in [1.165, 1.54) is 0 Å². The molecule has 1 aromatic carbocycles. The number of aromatic nitrogens is 1. The molecule has 6 heteroatoms. The van der Waals surface area contributed by atoms with Crippen molar-refractivity contribution in [1.82, 2.24) is 4.98 Å². The molecule has 0 aliphatic heterocycles. The second-order valence-corrected chi connectivity index (χ2v) is 7.19. The third kappa shape index (κ3) is 5.25. The van der Waals surface area contributed by atoms with Crippen molar-refractivity contribution >= 4 is 23.0 Å². The van der Waals surface area contributed by atoms with Crippen molar-refractivity contribution in [2.45, 2.75) is 32.6 Å². The van der Waals surface area contributed by atoms with Gasteiger partial charge < -0.3 is 15.8 Å². The van der Waals surface area contributed by atoms with Crippen LogP contribution in [0.1, 0.15) is 31.5 Å². The van der Waals surface area contributed by atoms with Crippen LogP contribution >= 0.6 is 11.3 Å². The number of rotatable bonds is 5. The van der Waals surface area contributed by atoms with Gasteiger partial charge in [0.05, 0.1) is 17.8 Å². The van der Waals surface area contributed by atoms with Crippen molar-refractivity contribution in [3.8, 4) is 5.75 Å². The van der Waals surface area contributed by atoms with Gasteiger partial charge in [-0.05, 0) is 12.1 Å². The number of thiazole rings is 1. The highest BCUT2D eigenvalue weighted by atomic mass is 32.1. The number of nitrogens with two attached hydrogens (primary N) is 1. The van der Waals surface area contributed by atoms with E-state index in [2.05, 4.69) is 41.4 Å². The molecule has 0 amide bonds. The minimum absolute atomic E-state index is 0.0883. The van der Waals surface area contributed by atoms with E-state index in [1.807, 2.05) is 24.3 Å². The summed E-state index contributed by atoms with van der Waals surface area (Å²) in [7, 11) is 1.64. The molecule has 0 bridgehead atoms. The second kappa shape index (κ2) is 7.46. The molecule has 23 heavy (non-hydrogen) atoms. The summed E-state index contributed by atoms with van der Waals surface area (Å²) in [4.78, 5) is 9.01. The molecule has 0 aliphatic carbocycles. The van der Waals surface area contributed by atoms with Crippen LogP contribution in [0.2, 0.25) is 0 Å². The standard InChI is InChI=1S/C17H24N4OS/c1-17(2,3)14-11-23-15(21-14)8-9-19-16(18)20-12-6-5-7-13(10-12)22-4/h5-7,10-11H,8-9H2,1-4H3,(H3,18,19,20). The molecule has 5 nitrogen and oxygen atoms in total. The topological polar surface area (TPSA) is 72.5 Å². The third-order valence-corrected chi connectivity index (χ3v) is 4.18. The molecule has 124 valence electrons. The summed E-state index contributed by atoms with van der Waals surface area (Å²) in [6, 6.07) is 7.58. The van der Waals surface area contributed by atoms with Crippen LogP contribution in [0.15, 0.2) is 34.6 Å². The minimum Gasteiger partial charge on any atom is -0.497 e. The number of benzene rings is 1. The SMILES string of the molecule is COc1cccc(NC(N)=NCCc2nc(C(C)(C)C)cs2)c1. The zero-order chi connectivity index (χ0) is 16.9. The highest BCUT2D eigenvalue weighted by Crippen LogP contribution is 2.24. The molecule has 3 N–H and O–H groups in total. The van der Waals surface area contributed by atoms with E-state index in [0.717, 1.165) is 28.6 Å². The van der Waals surface area contributed by atoms with Gasteiger partial charge in [0.25, 0.3) is 0 Å². The number of methoxy groups -OCH3 is 1. The number of ether oxygens (including phenoxy) is 1. The smallest absolute Gasteiger partial charge is 0.193 e. The number of aliphatic imine (C=N–C) groups is 1. The van der Waals surface area contributed by atoms with Gasteiger partial charge in [0.2, 0.25) is 0 Å². The molecule has 0 saturated carbocycles. The first-order valence-electron chi connectivity index (χ1n) is 7.54. The maximum absolute atomic E-state index is 5.92. The molecule has 0 fully saturated rings. The molecule has 1 aromatic heterocycles. The number of guanidine groups is 1. The average molecular weight is 332 g/mol. The molecule has 2 aromatic rings.